The van der Waals surface area contributed by atoms with Gasteiger partial charge in [0, 0.05) is 16.5 Å². The summed E-state index contributed by atoms with van der Waals surface area (Å²) in [7, 11) is 0. The molecule has 9 aromatic rings. The number of para-hydroxylation sites is 2. The molecule has 47 heavy (non-hydrogen) atoms. The van der Waals surface area contributed by atoms with Gasteiger partial charge < -0.3 is 4.57 Å². The van der Waals surface area contributed by atoms with Crippen molar-refractivity contribution in [2.45, 2.75) is 0 Å². The summed E-state index contributed by atoms with van der Waals surface area (Å²) in [6, 6.07) is 62.6. The number of hydrogen-bond donors (Lipinski definition) is 0. The Bertz CT molecular complexity index is 2580. The lowest BCUT2D eigenvalue weighted by molar-refractivity contribution is 1.18. The van der Waals surface area contributed by atoms with Crippen LogP contribution < -0.4 is 0 Å². The second-order valence-electron chi connectivity index (χ2n) is 12.0. The Kier molecular flexibility index (Phi) is 6.23. The average molecular weight is 597 g/mol. The molecule has 0 saturated heterocycles. The zero-order valence-corrected chi connectivity index (χ0v) is 25.6. The van der Waals surface area contributed by atoms with E-state index in [9.17, 15) is 5.26 Å². The molecule has 1 aromatic heterocycles. The fraction of sp³-hybridized carbons (Fsp3) is 0. The first kappa shape index (κ1) is 26.9. The summed E-state index contributed by atoms with van der Waals surface area (Å²) in [6.07, 6.45) is 0. The van der Waals surface area contributed by atoms with Crippen LogP contribution in [0.5, 0.6) is 0 Å². The number of fused-ring (bicyclic) bond motifs is 5. The Hall–Kier alpha value is -6.43. The van der Waals surface area contributed by atoms with Crippen molar-refractivity contribution < 1.29 is 0 Å². The van der Waals surface area contributed by atoms with Gasteiger partial charge in [0.05, 0.1) is 22.7 Å². The lowest BCUT2D eigenvalue weighted by atomic mass is 9.85. The first-order valence-corrected chi connectivity index (χ1v) is 15.9. The molecule has 0 aliphatic rings. The van der Waals surface area contributed by atoms with Crippen LogP contribution in [0.25, 0.3) is 82.4 Å². The molecule has 0 aliphatic heterocycles. The van der Waals surface area contributed by atoms with Crippen molar-refractivity contribution in [3.8, 4) is 45.1 Å². The summed E-state index contributed by atoms with van der Waals surface area (Å²) in [5.74, 6) is 0. The number of nitrogens with zero attached hydrogens (tertiary/aromatic N) is 2. The molecule has 0 aliphatic carbocycles. The number of nitriles is 1. The molecule has 0 bridgehead atoms. The topological polar surface area (TPSA) is 28.7 Å². The largest absolute Gasteiger partial charge is 0.309 e. The Balaban J connectivity index is 1.28. The Labute approximate surface area is 273 Å². The zero-order valence-electron chi connectivity index (χ0n) is 25.6. The molecule has 0 saturated carbocycles. The first-order valence-electron chi connectivity index (χ1n) is 15.9. The van der Waals surface area contributed by atoms with E-state index in [0.717, 1.165) is 27.9 Å². The maximum absolute atomic E-state index is 10.3. The summed E-state index contributed by atoms with van der Waals surface area (Å²) in [6.45, 7) is 0. The predicted octanol–water partition coefficient (Wildman–Crippen LogP) is 12.0. The molecule has 0 fully saturated rings. The van der Waals surface area contributed by atoms with Gasteiger partial charge in [0.25, 0.3) is 0 Å². The van der Waals surface area contributed by atoms with Gasteiger partial charge in [-0.05, 0) is 97.4 Å². The van der Waals surface area contributed by atoms with Crippen LogP contribution in [0.4, 0.5) is 0 Å². The lowest BCUT2D eigenvalue weighted by Crippen LogP contribution is -1.95. The number of hydrogen-bond acceptors (Lipinski definition) is 1. The molecule has 0 spiro atoms. The van der Waals surface area contributed by atoms with Crippen LogP contribution in [0.3, 0.4) is 0 Å². The van der Waals surface area contributed by atoms with Gasteiger partial charge in [0.1, 0.15) is 0 Å². The van der Waals surface area contributed by atoms with Gasteiger partial charge in [-0.2, -0.15) is 5.26 Å². The van der Waals surface area contributed by atoms with Crippen molar-refractivity contribution >= 4 is 43.4 Å². The normalized spacial score (nSPS) is 11.4. The summed E-state index contributed by atoms with van der Waals surface area (Å²) in [5.41, 5.74) is 10.8. The third-order valence-corrected chi connectivity index (χ3v) is 9.36. The molecule has 0 atom stereocenters. The number of benzene rings is 8. The Morgan fingerprint density at radius 3 is 1.40 bits per heavy atom. The molecular formula is C45H28N2. The molecule has 2 heteroatoms. The van der Waals surface area contributed by atoms with Crippen molar-refractivity contribution in [1.29, 1.82) is 5.26 Å². The van der Waals surface area contributed by atoms with Crippen LogP contribution in [-0.2, 0) is 0 Å². The maximum Gasteiger partial charge on any atom is 0.0992 e. The van der Waals surface area contributed by atoms with Gasteiger partial charge in [-0.1, -0.05) is 127 Å². The fourth-order valence-electron chi connectivity index (χ4n) is 7.38. The smallest absolute Gasteiger partial charge is 0.0992 e. The Morgan fingerprint density at radius 1 is 0.362 bits per heavy atom. The number of aromatic nitrogens is 1. The van der Waals surface area contributed by atoms with E-state index in [1.54, 1.807) is 0 Å². The van der Waals surface area contributed by atoms with Crippen LogP contribution in [0, 0.1) is 11.3 Å². The highest BCUT2D eigenvalue weighted by molar-refractivity contribution is 6.21. The second kappa shape index (κ2) is 10.9. The monoisotopic (exact) mass is 596 g/mol. The van der Waals surface area contributed by atoms with E-state index in [4.69, 9.17) is 0 Å². The van der Waals surface area contributed by atoms with Gasteiger partial charge >= 0.3 is 0 Å². The fourth-order valence-corrected chi connectivity index (χ4v) is 7.38. The Morgan fingerprint density at radius 2 is 0.830 bits per heavy atom. The third-order valence-electron chi connectivity index (χ3n) is 9.36. The van der Waals surface area contributed by atoms with Gasteiger partial charge in [-0.25, -0.2) is 0 Å². The van der Waals surface area contributed by atoms with Crippen molar-refractivity contribution in [1.82, 2.24) is 4.57 Å². The highest BCUT2D eigenvalue weighted by Crippen LogP contribution is 2.44. The van der Waals surface area contributed by atoms with E-state index in [2.05, 4.69) is 168 Å². The van der Waals surface area contributed by atoms with Crippen LogP contribution in [-0.4, -0.2) is 4.57 Å². The van der Waals surface area contributed by atoms with Crippen LogP contribution in [0.1, 0.15) is 5.56 Å². The second-order valence-corrected chi connectivity index (χ2v) is 12.0. The van der Waals surface area contributed by atoms with Gasteiger partial charge in [-0.3, -0.25) is 0 Å². The minimum atomic E-state index is 0.639. The summed E-state index contributed by atoms with van der Waals surface area (Å²) in [4.78, 5) is 0. The molecule has 0 N–H and O–H groups in total. The minimum absolute atomic E-state index is 0.639. The molecule has 2 nitrogen and oxygen atoms in total. The lowest BCUT2D eigenvalue weighted by Gasteiger charge is -2.18. The molecule has 0 radical (unpaired) electrons. The molecule has 0 unspecified atom stereocenters. The molecular weight excluding hydrogens is 569 g/mol. The van der Waals surface area contributed by atoms with Crippen LogP contribution >= 0.6 is 0 Å². The average Bonchev–Trinajstić information content (AvgIpc) is 3.48. The first-order chi connectivity index (χ1) is 23.3. The van der Waals surface area contributed by atoms with Crippen molar-refractivity contribution in [2.24, 2.45) is 0 Å². The SMILES string of the molecule is N#Cc1cc(-c2cccc(-n3c4ccccc4c4ccccc43)c2)cc(-c2c3ccccc3c(-c3ccccc3)c3ccccc23)c1. The molecule has 8 aromatic carbocycles. The van der Waals surface area contributed by atoms with Crippen molar-refractivity contribution in [3.63, 3.8) is 0 Å². The van der Waals surface area contributed by atoms with E-state index in [1.807, 2.05) is 12.1 Å². The number of rotatable bonds is 4. The molecule has 9 rings (SSSR count). The molecule has 1 heterocycles. The van der Waals surface area contributed by atoms with Gasteiger partial charge in [0.2, 0.25) is 0 Å². The van der Waals surface area contributed by atoms with Crippen molar-refractivity contribution in [3.05, 3.63) is 175 Å². The van der Waals surface area contributed by atoms with Gasteiger partial charge in [0.15, 0.2) is 0 Å². The van der Waals surface area contributed by atoms with E-state index < -0.39 is 0 Å². The highest BCUT2D eigenvalue weighted by Gasteiger charge is 2.18. The summed E-state index contributed by atoms with van der Waals surface area (Å²) < 4.78 is 2.34. The van der Waals surface area contributed by atoms with E-state index >= 15 is 0 Å². The summed E-state index contributed by atoms with van der Waals surface area (Å²) >= 11 is 0. The summed E-state index contributed by atoms with van der Waals surface area (Å²) in [5, 5.41) is 17.5. The maximum atomic E-state index is 10.3. The van der Waals surface area contributed by atoms with Crippen LogP contribution in [0.2, 0.25) is 0 Å². The highest BCUT2D eigenvalue weighted by atomic mass is 15.0. The van der Waals surface area contributed by atoms with Crippen molar-refractivity contribution in [2.75, 3.05) is 0 Å². The quantitative estimate of drug-likeness (QED) is 0.186. The van der Waals surface area contributed by atoms with E-state index in [1.165, 1.54) is 54.5 Å². The standard InChI is InChI=1S/C45H28N2/c46-29-30-25-33(32-15-12-16-35(28-32)47-42-23-10-8-17-36(42)37-18-9-11-24-43(37)47)27-34(26-30)45-40-21-6-4-19-38(40)44(31-13-2-1-3-14-31)39-20-5-7-22-41(39)45/h1-28H. The third kappa shape index (κ3) is 4.33. The van der Waals surface area contributed by atoms with Crippen LogP contribution in [0.15, 0.2) is 170 Å². The zero-order chi connectivity index (χ0) is 31.3. The predicted molar refractivity (Wildman–Crippen MR) is 197 cm³/mol. The van der Waals surface area contributed by atoms with Gasteiger partial charge in [-0.15, -0.1) is 0 Å². The molecule has 218 valence electrons. The minimum Gasteiger partial charge on any atom is -0.309 e. The van der Waals surface area contributed by atoms with E-state index in [-0.39, 0.29) is 0 Å². The van der Waals surface area contributed by atoms with E-state index in [0.29, 0.717) is 5.56 Å². The molecule has 0 amide bonds.